The molecule has 0 fully saturated rings. The van der Waals surface area contributed by atoms with Gasteiger partial charge in [0.25, 0.3) is 0 Å². The number of carbonyl (C=O) groups is 2. The van der Waals surface area contributed by atoms with Crippen LogP contribution < -0.4 is 5.32 Å². The monoisotopic (exact) mass is 399 g/mol. The molecule has 2 N–H and O–H groups in total. The van der Waals surface area contributed by atoms with Crippen LogP contribution in [0.15, 0.2) is 66.7 Å². The van der Waals surface area contributed by atoms with Crippen LogP contribution in [0.3, 0.4) is 0 Å². The lowest BCUT2D eigenvalue weighted by Crippen LogP contribution is -2.29. The van der Waals surface area contributed by atoms with Gasteiger partial charge in [-0.2, -0.15) is 0 Å². The van der Waals surface area contributed by atoms with Gasteiger partial charge in [0, 0.05) is 5.92 Å². The Morgan fingerprint density at radius 1 is 0.900 bits per heavy atom. The smallest absolute Gasteiger partial charge is 0.407 e. The van der Waals surface area contributed by atoms with Crippen LogP contribution >= 0.6 is 0 Å². The highest BCUT2D eigenvalue weighted by Crippen LogP contribution is 2.44. The minimum Gasteiger partial charge on any atom is -0.478 e. The van der Waals surface area contributed by atoms with Gasteiger partial charge in [0.1, 0.15) is 6.61 Å². The van der Waals surface area contributed by atoms with Crippen molar-refractivity contribution in [2.24, 2.45) is 0 Å². The summed E-state index contributed by atoms with van der Waals surface area (Å²) in [6.45, 7) is 0.259. The van der Waals surface area contributed by atoms with E-state index in [0.29, 0.717) is 18.4 Å². The normalized spacial score (nSPS) is 16.5. The van der Waals surface area contributed by atoms with Crippen molar-refractivity contribution in [2.75, 3.05) is 6.61 Å². The van der Waals surface area contributed by atoms with Gasteiger partial charge in [0.2, 0.25) is 0 Å². The molecule has 2 aliphatic carbocycles. The van der Waals surface area contributed by atoms with Crippen LogP contribution in [-0.4, -0.2) is 23.8 Å². The van der Waals surface area contributed by atoms with Crippen molar-refractivity contribution < 1.29 is 19.4 Å². The molecule has 5 nitrogen and oxygen atoms in total. The second-order valence-electron chi connectivity index (χ2n) is 7.74. The lowest BCUT2D eigenvalue weighted by Gasteiger charge is -2.17. The summed E-state index contributed by atoms with van der Waals surface area (Å²) in [6, 6.07) is 21.4. The standard InChI is InChI=1S/C25H21NO4/c27-24(28)21-11-5-10-20-19(21)12-13-23(20)26-25(29)30-14-22-17-8-3-1-6-15(17)16-7-2-4-9-18(16)22/h1-11,22-23H,12-14H2,(H,26,29)(H,27,28)/t23-/m1/s1. The van der Waals surface area contributed by atoms with Gasteiger partial charge in [0.15, 0.2) is 0 Å². The maximum Gasteiger partial charge on any atom is 0.407 e. The van der Waals surface area contributed by atoms with Crippen molar-refractivity contribution in [2.45, 2.75) is 24.8 Å². The Morgan fingerprint density at radius 2 is 1.53 bits per heavy atom. The fourth-order valence-corrected chi connectivity index (χ4v) is 4.79. The molecule has 2 aliphatic rings. The van der Waals surface area contributed by atoms with Crippen LogP contribution in [0, 0.1) is 0 Å². The number of carboxylic acids is 1. The zero-order valence-corrected chi connectivity index (χ0v) is 16.3. The number of aromatic carboxylic acids is 1. The second kappa shape index (κ2) is 7.34. The van der Waals surface area contributed by atoms with Gasteiger partial charge in [-0.15, -0.1) is 0 Å². The highest BCUT2D eigenvalue weighted by atomic mass is 16.5. The summed E-state index contributed by atoms with van der Waals surface area (Å²) < 4.78 is 5.63. The molecule has 0 saturated heterocycles. The first-order valence-electron chi connectivity index (χ1n) is 10.1. The Kier molecular flexibility index (Phi) is 4.51. The molecule has 0 radical (unpaired) electrons. The molecule has 1 amide bonds. The Bertz CT molecular complexity index is 1110. The van der Waals surface area contributed by atoms with E-state index >= 15 is 0 Å². The van der Waals surface area contributed by atoms with Crippen LogP contribution in [0.25, 0.3) is 11.1 Å². The molecule has 0 unspecified atom stereocenters. The first kappa shape index (κ1) is 18.4. The average Bonchev–Trinajstić information content (AvgIpc) is 3.31. The maximum absolute atomic E-state index is 12.6. The molecule has 3 aromatic carbocycles. The van der Waals surface area contributed by atoms with E-state index < -0.39 is 12.1 Å². The Morgan fingerprint density at radius 3 is 2.20 bits per heavy atom. The van der Waals surface area contributed by atoms with Crippen molar-refractivity contribution >= 4 is 12.1 Å². The molecule has 0 bridgehead atoms. The first-order chi connectivity index (χ1) is 14.6. The Hall–Kier alpha value is -3.60. The zero-order chi connectivity index (χ0) is 20.7. The van der Waals surface area contributed by atoms with Crippen molar-refractivity contribution in [3.63, 3.8) is 0 Å². The summed E-state index contributed by atoms with van der Waals surface area (Å²) in [7, 11) is 0. The van der Waals surface area contributed by atoms with E-state index in [9.17, 15) is 14.7 Å². The summed E-state index contributed by atoms with van der Waals surface area (Å²) >= 11 is 0. The SMILES string of the molecule is O=C(N[C@@H]1CCc2c(C(=O)O)cccc21)OCC1c2ccccc2-c2ccccc21. The number of fused-ring (bicyclic) bond motifs is 4. The van der Waals surface area contributed by atoms with E-state index in [2.05, 4.69) is 29.6 Å². The molecular formula is C25H21NO4. The molecule has 5 heteroatoms. The van der Waals surface area contributed by atoms with Crippen molar-refractivity contribution in [3.8, 4) is 11.1 Å². The van der Waals surface area contributed by atoms with E-state index in [1.54, 1.807) is 12.1 Å². The van der Waals surface area contributed by atoms with Gasteiger partial charge in [-0.3, -0.25) is 0 Å². The van der Waals surface area contributed by atoms with E-state index in [1.165, 1.54) is 22.3 Å². The molecular weight excluding hydrogens is 378 g/mol. The van der Waals surface area contributed by atoms with Gasteiger partial charge < -0.3 is 15.2 Å². The molecule has 0 saturated carbocycles. The number of hydrogen-bond donors (Lipinski definition) is 2. The fourth-order valence-electron chi connectivity index (χ4n) is 4.79. The second-order valence-corrected chi connectivity index (χ2v) is 7.74. The highest BCUT2D eigenvalue weighted by molar-refractivity contribution is 5.90. The number of rotatable bonds is 4. The molecule has 0 aliphatic heterocycles. The van der Waals surface area contributed by atoms with Crippen molar-refractivity contribution in [1.82, 2.24) is 5.32 Å². The van der Waals surface area contributed by atoms with E-state index in [1.807, 2.05) is 30.3 Å². The Labute approximate surface area is 174 Å². The largest absolute Gasteiger partial charge is 0.478 e. The molecule has 0 aromatic heterocycles. The third-order valence-electron chi connectivity index (χ3n) is 6.14. The fraction of sp³-hybridized carbons (Fsp3) is 0.200. The van der Waals surface area contributed by atoms with Gasteiger partial charge in [-0.25, -0.2) is 9.59 Å². The number of alkyl carbamates (subject to hydrolysis) is 1. The van der Waals surface area contributed by atoms with E-state index in [4.69, 9.17) is 4.74 Å². The maximum atomic E-state index is 12.6. The summed E-state index contributed by atoms with van der Waals surface area (Å²) in [5.74, 6) is -0.925. The Balaban J connectivity index is 1.30. The summed E-state index contributed by atoms with van der Waals surface area (Å²) in [5, 5.41) is 12.3. The topological polar surface area (TPSA) is 75.6 Å². The summed E-state index contributed by atoms with van der Waals surface area (Å²) in [4.78, 5) is 24.0. The number of nitrogens with one attached hydrogen (secondary N) is 1. The van der Waals surface area contributed by atoms with Gasteiger partial charge in [-0.05, 0) is 52.3 Å². The predicted molar refractivity (Wildman–Crippen MR) is 113 cm³/mol. The lowest BCUT2D eigenvalue weighted by atomic mass is 9.98. The van der Waals surface area contributed by atoms with E-state index in [-0.39, 0.29) is 18.6 Å². The zero-order valence-electron chi connectivity index (χ0n) is 16.3. The average molecular weight is 399 g/mol. The number of hydrogen-bond acceptors (Lipinski definition) is 3. The summed E-state index contributed by atoms with van der Waals surface area (Å²) in [5.41, 5.74) is 6.69. The van der Waals surface area contributed by atoms with Crippen LogP contribution in [0.1, 0.15) is 51.0 Å². The predicted octanol–water partition coefficient (Wildman–Crippen LogP) is 4.91. The first-order valence-corrected chi connectivity index (χ1v) is 10.1. The third-order valence-corrected chi connectivity index (χ3v) is 6.14. The van der Waals surface area contributed by atoms with Crippen molar-refractivity contribution in [1.29, 1.82) is 0 Å². The van der Waals surface area contributed by atoms with Gasteiger partial charge >= 0.3 is 12.1 Å². The number of ether oxygens (including phenoxy) is 1. The number of amides is 1. The molecule has 0 spiro atoms. The molecule has 3 aromatic rings. The van der Waals surface area contributed by atoms with Crippen LogP contribution in [0.5, 0.6) is 0 Å². The summed E-state index contributed by atoms with van der Waals surface area (Å²) in [6.07, 6.45) is 0.825. The quantitative estimate of drug-likeness (QED) is 0.654. The van der Waals surface area contributed by atoms with Crippen molar-refractivity contribution in [3.05, 3.63) is 94.5 Å². The van der Waals surface area contributed by atoms with E-state index in [0.717, 1.165) is 11.1 Å². The number of benzene rings is 3. The highest BCUT2D eigenvalue weighted by Gasteiger charge is 2.31. The van der Waals surface area contributed by atoms with Gasteiger partial charge in [0.05, 0.1) is 11.6 Å². The number of carboxylic acid groups (broad SMARTS) is 1. The van der Waals surface area contributed by atoms with Crippen LogP contribution in [0.4, 0.5) is 4.79 Å². The lowest BCUT2D eigenvalue weighted by molar-refractivity contribution is 0.0695. The minimum absolute atomic E-state index is 0.0117. The van der Waals surface area contributed by atoms with Gasteiger partial charge in [-0.1, -0.05) is 60.7 Å². The minimum atomic E-state index is -0.936. The third kappa shape index (κ3) is 3.03. The molecule has 0 heterocycles. The molecule has 5 rings (SSSR count). The number of carbonyl (C=O) groups excluding carboxylic acids is 1. The van der Waals surface area contributed by atoms with Crippen LogP contribution in [0.2, 0.25) is 0 Å². The molecule has 150 valence electrons. The molecule has 1 atom stereocenters. The van der Waals surface area contributed by atoms with Crippen LogP contribution in [-0.2, 0) is 11.2 Å². The molecule has 30 heavy (non-hydrogen) atoms.